The zero-order chi connectivity index (χ0) is 49.7. The third-order valence-corrected chi connectivity index (χ3v) is 12.5. The molecule has 366 valence electrons. The van der Waals surface area contributed by atoms with E-state index in [9.17, 15) is 53.4 Å². The number of ketones is 1. The number of phenolic OH excluding ortho intramolecular Hbond substituents is 1. The van der Waals surface area contributed by atoms with Crippen LogP contribution in [0, 0.1) is 29.6 Å². The maximum atomic E-state index is 14.8. The Morgan fingerprint density at radius 3 is 2.05 bits per heavy atom. The van der Waals surface area contributed by atoms with Gasteiger partial charge in [0.15, 0.2) is 5.88 Å². The zero-order valence-corrected chi connectivity index (χ0v) is 39.9. The molecule has 1 saturated heterocycles. The molecule has 19 nitrogen and oxygen atoms in total. The molecule has 8 N–H and O–H groups in total. The van der Waals surface area contributed by atoms with Crippen LogP contribution in [0.1, 0.15) is 113 Å². The number of nitrogens with two attached hydrogens (primary N) is 1. The summed E-state index contributed by atoms with van der Waals surface area (Å²) in [6.45, 7) is 15.1. The van der Waals surface area contributed by atoms with Crippen LogP contribution in [0.5, 0.6) is 5.75 Å². The number of phenols is 1. The van der Waals surface area contributed by atoms with Crippen LogP contribution in [0.3, 0.4) is 0 Å². The number of Topliss-reactive ketones (excluding diaryl/α,β-unsaturated/α-hetero) is 1. The molecule has 2 aliphatic heterocycles. The smallest absolute Gasteiger partial charge is 0.329 e. The van der Waals surface area contributed by atoms with Gasteiger partial charge in [0.25, 0.3) is 5.91 Å². The lowest BCUT2D eigenvalue weighted by molar-refractivity contribution is -0.158. The number of nitrogens with one attached hydrogen (secondary N) is 4. The monoisotopic (exact) mass is 926 g/mol. The highest BCUT2D eigenvalue weighted by molar-refractivity contribution is 5.99. The molecule has 0 spiro atoms. The Balaban J connectivity index is 2.28. The number of hydrogen-bond donors (Lipinski definition) is 7. The molecule has 66 heavy (non-hydrogen) atoms. The van der Waals surface area contributed by atoms with Crippen LogP contribution in [0.25, 0.3) is 0 Å². The fourth-order valence-corrected chi connectivity index (χ4v) is 7.83. The highest BCUT2D eigenvalue weighted by atomic mass is 16.5. The molecular weight excluding hydrogens is 855 g/mol. The van der Waals surface area contributed by atoms with E-state index in [1.165, 1.54) is 32.2 Å². The Morgan fingerprint density at radius 2 is 1.48 bits per heavy atom. The Hall–Kier alpha value is -6.01. The number of rotatable bonds is 16. The van der Waals surface area contributed by atoms with Crippen LogP contribution >= 0.6 is 0 Å². The lowest BCUT2D eigenvalue weighted by Crippen LogP contribution is -2.63. The lowest BCUT2D eigenvalue weighted by atomic mass is 9.91. The van der Waals surface area contributed by atoms with E-state index in [0.717, 1.165) is 9.80 Å². The second kappa shape index (κ2) is 24.5. The molecular formula is C47H71N7O12. The predicted octanol–water partition coefficient (Wildman–Crippen LogP) is 2.28. The van der Waals surface area contributed by atoms with Crippen LogP contribution in [0.4, 0.5) is 0 Å². The summed E-state index contributed by atoms with van der Waals surface area (Å²) in [6, 6.07) is -2.55. The second-order valence-electron chi connectivity index (χ2n) is 18.5. The maximum Gasteiger partial charge on any atom is 0.329 e. The molecule has 1 fully saturated rings. The largest absolute Gasteiger partial charge is 0.508 e. The number of amides is 7. The molecule has 10 atom stereocenters. The van der Waals surface area contributed by atoms with Crippen LogP contribution in [-0.2, 0) is 54.3 Å². The summed E-state index contributed by atoms with van der Waals surface area (Å²) in [6.07, 6.45) is -0.478. The first kappa shape index (κ1) is 54.3. The lowest BCUT2D eigenvalue weighted by Gasteiger charge is -2.41. The van der Waals surface area contributed by atoms with Gasteiger partial charge in [0.2, 0.25) is 35.4 Å². The van der Waals surface area contributed by atoms with Gasteiger partial charge in [0.1, 0.15) is 53.9 Å². The van der Waals surface area contributed by atoms with Crippen LogP contribution in [-0.4, -0.2) is 123 Å². The Labute approximate surface area is 387 Å². The van der Waals surface area contributed by atoms with Crippen molar-refractivity contribution in [3.05, 3.63) is 41.8 Å². The summed E-state index contributed by atoms with van der Waals surface area (Å²) in [5, 5.41) is 32.0. The van der Waals surface area contributed by atoms with E-state index >= 15 is 0 Å². The highest BCUT2D eigenvalue weighted by Gasteiger charge is 2.46. The van der Waals surface area contributed by atoms with Crippen LogP contribution in [0.2, 0.25) is 0 Å². The van der Waals surface area contributed by atoms with Crippen molar-refractivity contribution in [3.8, 4) is 5.75 Å². The molecule has 0 aliphatic carbocycles. The third-order valence-electron chi connectivity index (χ3n) is 12.5. The van der Waals surface area contributed by atoms with E-state index in [4.69, 9.17) is 10.5 Å². The molecule has 19 heteroatoms. The number of esters is 1. The standard InChI is InChI=1S/C47H71N7O12/c1-11-26(7)38-47(65)66-28(9)39(52-41(59)30(15-19-36(48)57)23-35(56)25(5)6)44(62)50-33(21-24(3)4)42(60)49-32-18-20-37(58)54(45(32)63)40(27(8)12-2)46(64)53(10)34(43(61)51-38)22-29-13-16-31(55)17-14-29/h13-14,16-17,20,24-28,30,32-34,38-40,55,58H,11-12,15,18-19,21-23H2,1-10H3,(H2,48,57)(H,49,60)(H,50,62)(H,51,61)(H,52,59)/t26-,27-,28+,30+,32-,33-,34-,38-,39-,40-/m0/s1. The van der Waals surface area contributed by atoms with Gasteiger partial charge in [-0.25, -0.2) is 4.79 Å². The fourth-order valence-electron chi connectivity index (χ4n) is 7.83. The number of aliphatic hydroxyl groups excluding tert-OH is 1. The van der Waals surface area contributed by atoms with Gasteiger partial charge in [-0.3, -0.25) is 43.3 Å². The number of nitrogens with zero attached hydrogens (tertiary/aromatic N) is 2. The third kappa shape index (κ3) is 14.5. The number of hydrogen-bond acceptors (Lipinski definition) is 12. The Kier molecular flexibility index (Phi) is 20.2. The van der Waals surface area contributed by atoms with Crippen molar-refractivity contribution in [2.45, 2.75) is 156 Å². The maximum absolute atomic E-state index is 14.8. The van der Waals surface area contributed by atoms with Crippen molar-refractivity contribution in [3.63, 3.8) is 0 Å². The second-order valence-corrected chi connectivity index (χ2v) is 18.5. The number of fused-ring (bicyclic) bond motifs is 2. The molecule has 7 amide bonds. The van der Waals surface area contributed by atoms with Gasteiger partial charge >= 0.3 is 5.97 Å². The van der Waals surface area contributed by atoms with Gasteiger partial charge < -0.3 is 46.9 Å². The summed E-state index contributed by atoms with van der Waals surface area (Å²) in [7, 11) is 1.37. The van der Waals surface area contributed by atoms with Gasteiger partial charge in [-0.15, -0.1) is 0 Å². The summed E-state index contributed by atoms with van der Waals surface area (Å²) in [5.41, 5.74) is 5.92. The number of likely N-dealkylation sites (N-methyl/N-ethyl adjacent to an activating group) is 1. The molecule has 0 unspecified atom stereocenters. The van der Waals surface area contributed by atoms with Crippen molar-refractivity contribution >= 4 is 53.1 Å². The topological polar surface area (TPSA) is 284 Å². The summed E-state index contributed by atoms with van der Waals surface area (Å²) in [5.74, 6) is -10.6. The molecule has 1 aromatic carbocycles. The van der Waals surface area contributed by atoms with E-state index in [-0.39, 0.29) is 56.0 Å². The number of carbonyl (C=O) groups is 9. The van der Waals surface area contributed by atoms with E-state index in [0.29, 0.717) is 18.4 Å². The highest BCUT2D eigenvalue weighted by Crippen LogP contribution is 2.28. The summed E-state index contributed by atoms with van der Waals surface area (Å²) in [4.78, 5) is 128. The van der Waals surface area contributed by atoms with E-state index in [2.05, 4.69) is 21.3 Å². The first-order valence-corrected chi connectivity index (χ1v) is 22.9. The molecule has 3 rings (SSSR count). The molecule has 2 aliphatic rings. The van der Waals surface area contributed by atoms with Crippen molar-refractivity contribution in [1.29, 1.82) is 0 Å². The molecule has 0 saturated carbocycles. The first-order valence-electron chi connectivity index (χ1n) is 22.9. The minimum atomic E-state index is -1.71. The average molecular weight is 926 g/mol. The van der Waals surface area contributed by atoms with Crippen molar-refractivity contribution in [2.24, 2.45) is 35.3 Å². The number of carbonyl (C=O) groups excluding carboxylic acids is 9. The average Bonchev–Trinajstić information content (AvgIpc) is 3.25. The molecule has 1 aromatic rings. The number of ether oxygens (including phenoxy) is 1. The number of aliphatic hydroxyl groups is 1. The fraction of sp³-hybridized carbons (Fsp3) is 0.638. The van der Waals surface area contributed by atoms with Gasteiger partial charge in [0, 0.05) is 44.6 Å². The summed E-state index contributed by atoms with van der Waals surface area (Å²) >= 11 is 0. The predicted molar refractivity (Wildman–Crippen MR) is 242 cm³/mol. The Bertz CT molecular complexity index is 1970. The molecule has 2 bridgehead atoms. The normalized spacial score (nSPS) is 25.3. The van der Waals surface area contributed by atoms with E-state index in [1.54, 1.807) is 67.5 Å². The number of aromatic hydroxyl groups is 1. The first-order chi connectivity index (χ1) is 30.9. The molecule has 2 heterocycles. The van der Waals surface area contributed by atoms with Gasteiger partial charge in [-0.05, 0) is 61.3 Å². The van der Waals surface area contributed by atoms with Crippen LogP contribution in [0.15, 0.2) is 36.2 Å². The van der Waals surface area contributed by atoms with Crippen molar-refractivity contribution < 1.29 is 58.1 Å². The van der Waals surface area contributed by atoms with E-state index < -0.39 is 119 Å². The number of benzene rings is 1. The number of cyclic esters (lactones) is 1. The van der Waals surface area contributed by atoms with Crippen molar-refractivity contribution in [1.82, 2.24) is 31.1 Å². The zero-order valence-electron chi connectivity index (χ0n) is 39.9. The minimum Gasteiger partial charge on any atom is -0.508 e. The van der Waals surface area contributed by atoms with Gasteiger partial charge in [-0.1, -0.05) is 80.4 Å². The van der Waals surface area contributed by atoms with Crippen molar-refractivity contribution in [2.75, 3.05) is 7.05 Å². The number of primary amides is 1. The molecule has 0 radical (unpaired) electrons. The van der Waals surface area contributed by atoms with E-state index in [1.807, 2.05) is 0 Å². The Morgan fingerprint density at radius 1 is 0.864 bits per heavy atom. The van der Waals surface area contributed by atoms with Crippen LogP contribution < -0.4 is 27.0 Å². The quantitative estimate of drug-likeness (QED) is 0.118. The molecule has 0 aromatic heterocycles. The SMILES string of the molecule is CC[C@H](C)[C@@H]1NC(=O)[C@H](Cc2ccc(O)cc2)N(C)C(=O)[C@H]([C@@H](C)CC)N2C(=O)[C@H](CC=C2O)NC(=O)[C@H](CC(C)C)NC(=O)[C@@H](NC(=O)[C@H](CCC(N)=O)CC(=O)C(C)C)[C@@H](C)OC1=O. The van der Waals surface area contributed by atoms with Gasteiger partial charge in [-0.2, -0.15) is 0 Å². The van der Waals surface area contributed by atoms with Gasteiger partial charge in [0.05, 0.1) is 0 Å². The summed E-state index contributed by atoms with van der Waals surface area (Å²) < 4.78 is 5.92. The minimum absolute atomic E-state index is 0.0333.